The molecule has 1 unspecified atom stereocenters. The summed E-state index contributed by atoms with van der Waals surface area (Å²) in [6, 6.07) is 4.92. The minimum absolute atomic E-state index is 0.0624. The first kappa shape index (κ1) is 11.8. The van der Waals surface area contributed by atoms with Crippen LogP contribution in [0.25, 0.3) is 0 Å². The molecule has 1 atom stereocenters. The lowest BCUT2D eigenvalue weighted by Crippen LogP contribution is -2.20. The third kappa shape index (κ3) is 2.20. The van der Waals surface area contributed by atoms with Crippen LogP contribution in [-0.4, -0.2) is 12.6 Å². The van der Waals surface area contributed by atoms with Gasteiger partial charge in [0.15, 0.2) is 0 Å². The molecule has 6 heteroatoms. The molecule has 0 saturated heterocycles. The maximum atomic E-state index is 12.4. The lowest BCUT2D eigenvalue weighted by Gasteiger charge is -2.19. The molecule has 1 aromatic rings. The Morgan fingerprint density at radius 3 is 2.29 bits per heavy atom. The van der Waals surface area contributed by atoms with Crippen LogP contribution < -0.4 is 5.73 Å². The molecule has 2 N–H and O–H groups in total. The van der Waals surface area contributed by atoms with Gasteiger partial charge in [-0.2, -0.15) is 13.2 Å². The largest absolute Gasteiger partial charge is 0.462 e. The minimum atomic E-state index is -4.33. The third-order valence-electron chi connectivity index (χ3n) is 2.69. The zero-order valence-electron chi connectivity index (χ0n) is 9.08. The van der Waals surface area contributed by atoms with Gasteiger partial charge in [-0.25, -0.2) is 4.99 Å². The van der Waals surface area contributed by atoms with E-state index < -0.39 is 17.3 Å². The van der Waals surface area contributed by atoms with E-state index in [4.69, 9.17) is 10.5 Å². The van der Waals surface area contributed by atoms with Crippen molar-refractivity contribution in [2.45, 2.75) is 18.6 Å². The fraction of sp³-hybridized carbons (Fsp3) is 0.364. The fourth-order valence-electron chi connectivity index (χ4n) is 1.69. The van der Waals surface area contributed by atoms with Crippen LogP contribution in [0.4, 0.5) is 13.2 Å². The van der Waals surface area contributed by atoms with E-state index in [0.29, 0.717) is 5.56 Å². The molecule has 1 aromatic carbocycles. The highest BCUT2D eigenvalue weighted by Crippen LogP contribution is 2.33. The van der Waals surface area contributed by atoms with Gasteiger partial charge in [0.1, 0.15) is 12.1 Å². The van der Waals surface area contributed by atoms with Gasteiger partial charge in [-0.15, -0.1) is 0 Å². The number of ether oxygens (including phenoxy) is 1. The zero-order valence-corrected chi connectivity index (χ0v) is 9.08. The Morgan fingerprint density at radius 2 is 1.88 bits per heavy atom. The van der Waals surface area contributed by atoms with Gasteiger partial charge in [0.05, 0.1) is 5.56 Å². The van der Waals surface area contributed by atoms with Crippen molar-refractivity contribution in [2.75, 3.05) is 6.61 Å². The SMILES string of the molecule is CC1(c2ccc(C(F)(F)F)cc2)COC(N)=N1. The predicted octanol–water partition coefficient (Wildman–Crippen LogP) is 2.27. The number of alkyl halides is 3. The number of benzene rings is 1. The molecule has 0 saturated carbocycles. The number of nitrogens with zero attached hydrogens (tertiary/aromatic N) is 1. The number of nitrogens with two attached hydrogens (primary N) is 1. The van der Waals surface area contributed by atoms with E-state index in [-0.39, 0.29) is 12.6 Å². The summed E-state index contributed by atoms with van der Waals surface area (Å²) in [5.41, 5.74) is 4.66. The quantitative estimate of drug-likeness (QED) is 0.823. The topological polar surface area (TPSA) is 47.6 Å². The molecule has 0 bridgehead atoms. The molecule has 2 rings (SSSR count). The maximum Gasteiger partial charge on any atom is 0.416 e. The maximum absolute atomic E-state index is 12.4. The average Bonchev–Trinajstić information content (AvgIpc) is 2.59. The van der Waals surface area contributed by atoms with Gasteiger partial charge in [0, 0.05) is 0 Å². The second-order valence-corrected chi connectivity index (χ2v) is 4.09. The van der Waals surface area contributed by atoms with Crippen LogP contribution >= 0.6 is 0 Å². The third-order valence-corrected chi connectivity index (χ3v) is 2.69. The van der Waals surface area contributed by atoms with Gasteiger partial charge in [-0.05, 0) is 24.6 Å². The molecule has 1 aliphatic rings. The highest BCUT2D eigenvalue weighted by Gasteiger charge is 2.35. The number of halogens is 3. The lowest BCUT2D eigenvalue weighted by atomic mass is 9.93. The number of hydrogen-bond donors (Lipinski definition) is 1. The van der Waals surface area contributed by atoms with E-state index in [1.54, 1.807) is 6.92 Å². The minimum Gasteiger partial charge on any atom is -0.462 e. The van der Waals surface area contributed by atoms with E-state index >= 15 is 0 Å². The normalized spacial score (nSPS) is 24.4. The van der Waals surface area contributed by atoms with Gasteiger partial charge >= 0.3 is 6.18 Å². The number of rotatable bonds is 1. The highest BCUT2D eigenvalue weighted by atomic mass is 19.4. The van der Waals surface area contributed by atoms with Gasteiger partial charge in [0.25, 0.3) is 6.02 Å². The Balaban J connectivity index is 2.31. The van der Waals surface area contributed by atoms with Crippen LogP contribution in [0, 0.1) is 0 Å². The molecular weight excluding hydrogens is 233 g/mol. The van der Waals surface area contributed by atoms with Crippen molar-refractivity contribution in [3.63, 3.8) is 0 Å². The Labute approximate surface area is 96.1 Å². The average molecular weight is 244 g/mol. The lowest BCUT2D eigenvalue weighted by molar-refractivity contribution is -0.137. The first-order valence-electron chi connectivity index (χ1n) is 4.97. The van der Waals surface area contributed by atoms with Crippen molar-refractivity contribution in [3.8, 4) is 0 Å². The van der Waals surface area contributed by atoms with Crippen molar-refractivity contribution >= 4 is 6.02 Å². The van der Waals surface area contributed by atoms with Gasteiger partial charge in [-0.3, -0.25) is 0 Å². The molecule has 92 valence electrons. The molecule has 0 aromatic heterocycles. The molecule has 0 radical (unpaired) electrons. The molecular formula is C11H11F3N2O. The summed E-state index contributed by atoms with van der Waals surface area (Å²) in [4.78, 5) is 4.07. The number of aliphatic imine (C=N–C) groups is 1. The molecule has 0 amide bonds. The van der Waals surface area contributed by atoms with Crippen LogP contribution in [0.1, 0.15) is 18.1 Å². The van der Waals surface area contributed by atoms with Crippen LogP contribution in [0.15, 0.2) is 29.3 Å². The fourth-order valence-corrected chi connectivity index (χ4v) is 1.69. The Hall–Kier alpha value is -1.72. The van der Waals surface area contributed by atoms with Crippen molar-refractivity contribution in [2.24, 2.45) is 10.7 Å². The van der Waals surface area contributed by atoms with E-state index in [1.165, 1.54) is 12.1 Å². The Morgan fingerprint density at radius 1 is 1.29 bits per heavy atom. The first-order chi connectivity index (χ1) is 7.81. The van der Waals surface area contributed by atoms with Gasteiger partial charge < -0.3 is 10.5 Å². The number of amidine groups is 1. The van der Waals surface area contributed by atoms with Crippen LogP contribution in [-0.2, 0) is 16.5 Å². The second-order valence-electron chi connectivity index (χ2n) is 4.09. The Kier molecular flexibility index (Phi) is 2.52. The van der Waals surface area contributed by atoms with E-state index in [1.807, 2.05) is 0 Å². The molecule has 1 aliphatic heterocycles. The van der Waals surface area contributed by atoms with Crippen molar-refractivity contribution in [1.82, 2.24) is 0 Å². The van der Waals surface area contributed by atoms with E-state index in [9.17, 15) is 13.2 Å². The van der Waals surface area contributed by atoms with E-state index in [2.05, 4.69) is 4.99 Å². The molecule has 0 spiro atoms. The van der Waals surface area contributed by atoms with Crippen LogP contribution in [0.5, 0.6) is 0 Å². The standard InChI is InChI=1S/C11H11F3N2O/c1-10(6-17-9(15)16-10)7-2-4-8(5-3-7)11(12,13)14/h2-5H,6H2,1H3,(H2,15,16). The molecule has 1 heterocycles. The van der Waals surface area contributed by atoms with Crippen molar-refractivity contribution in [3.05, 3.63) is 35.4 Å². The van der Waals surface area contributed by atoms with Gasteiger partial charge in [-0.1, -0.05) is 12.1 Å². The van der Waals surface area contributed by atoms with E-state index in [0.717, 1.165) is 12.1 Å². The molecule has 0 aliphatic carbocycles. The van der Waals surface area contributed by atoms with Crippen molar-refractivity contribution in [1.29, 1.82) is 0 Å². The molecule has 17 heavy (non-hydrogen) atoms. The van der Waals surface area contributed by atoms with Gasteiger partial charge in [0.2, 0.25) is 0 Å². The zero-order chi connectivity index (χ0) is 12.7. The highest BCUT2D eigenvalue weighted by molar-refractivity contribution is 5.74. The summed E-state index contributed by atoms with van der Waals surface area (Å²) in [5.74, 6) is 0. The monoisotopic (exact) mass is 244 g/mol. The summed E-state index contributed by atoms with van der Waals surface area (Å²) in [7, 11) is 0. The molecule has 3 nitrogen and oxygen atoms in total. The Bertz CT molecular complexity index is 453. The molecule has 0 fully saturated rings. The summed E-state index contributed by atoms with van der Waals surface area (Å²) in [6.45, 7) is 2.00. The summed E-state index contributed by atoms with van der Waals surface area (Å²) >= 11 is 0. The first-order valence-corrected chi connectivity index (χ1v) is 4.97. The number of hydrogen-bond acceptors (Lipinski definition) is 3. The van der Waals surface area contributed by atoms with Crippen LogP contribution in [0.2, 0.25) is 0 Å². The second kappa shape index (κ2) is 3.65. The van der Waals surface area contributed by atoms with Crippen LogP contribution in [0.3, 0.4) is 0 Å². The summed E-state index contributed by atoms with van der Waals surface area (Å²) < 4.78 is 42.2. The summed E-state index contributed by atoms with van der Waals surface area (Å²) in [6.07, 6.45) is -4.33. The predicted molar refractivity (Wildman–Crippen MR) is 56.4 cm³/mol. The van der Waals surface area contributed by atoms with Crippen molar-refractivity contribution < 1.29 is 17.9 Å². The summed E-state index contributed by atoms with van der Waals surface area (Å²) in [5, 5.41) is 0. The smallest absolute Gasteiger partial charge is 0.416 e.